The standard InChI is InChI=1S/C14H10Cl2N2O2/c15-11-3-1-2-10(12(11)16)14(20)18-9-6-4-8(5-7-9)13(17)19/h1-7H,(H2,17,19)(H,18,20). The minimum atomic E-state index is -0.527. The van der Waals surface area contributed by atoms with Crippen molar-refractivity contribution in [3.8, 4) is 0 Å². The summed E-state index contributed by atoms with van der Waals surface area (Å²) >= 11 is 11.8. The highest BCUT2D eigenvalue weighted by atomic mass is 35.5. The molecule has 2 aromatic carbocycles. The Bertz CT molecular complexity index is 669. The highest BCUT2D eigenvalue weighted by Crippen LogP contribution is 2.26. The van der Waals surface area contributed by atoms with Gasteiger partial charge in [-0.25, -0.2) is 0 Å². The average molecular weight is 309 g/mol. The third kappa shape index (κ3) is 3.10. The number of anilines is 1. The van der Waals surface area contributed by atoms with Gasteiger partial charge in [0, 0.05) is 11.3 Å². The van der Waals surface area contributed by atoms with E-state index in [-0.39, 0.29) is 16.5 Å². The molecular formula is C14H10Cl2N2O2. The van der Waals surface area contributed by atoms with Gasteiger partial charge in [-0.1, -0.05) is 29.3 Å². The lowest BCUT2D eigenvalue weighted by molar-refractivity contribution is 0.0998. The molecule has 6 heteroatoms. The fourth-order valence-electron chi connectivity index (χ4n) is 1.60. The smallest absolute Gasteiger partial charge is 0.257 e. The molecule has 4 nitrogen and oxygen atoms in total. The molecule has 0 heterocycles. The summed E-state index contributed by atoms with van der Waals surface area (Å²) < 4.78 is 0. The van der Waals surface area contributed by atoms with Crippen LogP contribution in [0.2, 0.25) is 10.0 Å². The van der Waals surface area contributed by atoms with Crippen LogP contribution in [0.5, 0.6) is 0 Å². The van der Waals surface area contributed by atoms with E-state index in [1.165, 1.54) is 12.1 Å². The number of carbonyl (C=O) groups is 2. The second-order valence-corrected chi connectivity index (χ2v) is 4.78. The van der Waals surface area contributed by atoms with Gasteiger partial charge in [0.05, 0.1) is 15.6 Å². The van der Waals surface area contributed by atoms with Crippen LogP contribution in [0.15, 0.2) is 42.5 Å². The van der Waals surface area contributed by atoms with Gasteiger partial charge >= 0.3 is 0 Å². The first-order valence-electron chi connectivity index (χ1n) is 5.64. The van der Waals surface area contributed by atoms with E-state index >= 15 is 0 Å². The second kappa shape index (κ2) is 5.94. The van der Waals surface area contributed by atoms with Crippen LogP contribution in [0.4, 0.5) is 5.69 Å². The summed E-state index contributed by atoms with van der Waals surface area (Å²) in [6, 6.07) is 11.0. The first-order chi connectivity index (χ1) is 9.49. The molecule has 0 aliphatic heterocycles. The van der Waals surface area contributed by atoms with Crippen molar-refractivity contribution in [1.82, 2.24) is 0 Å². The summed E-state index contributed by atoms with van der Waals surface area (Å²) in [6.45, 7) is 0. The van der Waals surface area contributed by atoms with Gasteiger partial charge in [-0.2, -0.15) is 0 Å². The van der Waals surface area contributed by atoms with E-state index in [9.17, 15) is 9.59 Å². The van der Waals surface area contributed by atoms with Crippen molar-refractivity contribution in [2.45, 2.75) is 0 Å². The molecule has 0 radical (unpaired) electrons. The van der Waals surface area contributed by atoms with Crippen LogP contribution in [0.3, 0.4) is 0 Å². The Balaban J connectivity index is 2.19. The lowest BCUT2D eigenvalue weighted by atomic mass is 10.1. The van der Waals surface area contributed by atoms with Gasteiger partial charge in [0.15, 0.2) is 0 Å². The summed E-state index contributed by atoms with van der Waals surface area (Å²) in [6.07, 6.45) is 0. The van der Waals surface area contributed by atoms with Crippen molar-refractivity contribution in [3.63, 3.8) is 0 Å². The maximum atomic E-state index is 12.1. The van der Waals surface area contributed by atoms with Crippen LogP contribution in [-0.2, 0) is 0 Å². The number of benzene rings is 2. The minimum Gasteiger partial charge on any atom is -0.366 e. The molecule has 20 heavy (non-hydrogen) atoms. The van der Waals surface area contributed by atoms with E-state index in [0.717, 1.165) is 0 Å². The topological polar surface area (TPSA) is 72.2 Å². The van der Waals surface area contributed by atoms with Gasteiger partial charge in [0.25, 0.3) is 5.91 Å². The molecular weight excluding hydrogens is 299 g/mol. The van der Waals surface area contributed by atoms with Gasteiger partial charge in [-0.3, -0.25) is 9.59 Å². The van der Waals surface area contributed by atoms with Gasteiger partial charge in [-0.05, 0) is 36.4 Å². The Morgan fingerprint density at radius 1 is 1.00 bits per heavy atom. The lowest BCUT2D eigenvalue weighted by Gasteiger charge is -2.08. The zero-order valence-electron chi connectivity index (χ0n) is 10.2. The zero-order chi connectivity index (χ0) is 14.7. The Morgan fingerprint density at radius 3 is 2.25 bits per heavy atom. The van der Waals surface area contributed by atoms with Crippen molar-refractivity contribution in [3.05, 3.63) is 63.6 Å². The first-order valence-corrected chi connectivity index (χ1v) is 6.40. The maximum absolute atomic E-state index is 12.1. The van der Waals surface area contributed by atoms with Crippen LogP contribution in [0.1, 0.15) is 20.7 Å². The predicted octanol–water partition coefficient (Wildman–Crippen LogP) is 3.34. The molecule has 2 amide bonds. The van der Waals surface area contributed by atoms with Crippen molar-refractivity contribution >= 4 is 40.7 Å². The largest absolute Gasteiger partial charge is 0.366 e. The number of hydrogen-bond acceptors (Lipinski definition) is 2. The molecule has 102 valence electrons. The van der Waals surface area contributed by atoms with E-state index in [4.69, 9.17) is 28.9 Å². The molecule has 0 aromatic heterocycles. The molecule has 0 unspecified atom stereocenters. The normalized spacial score (nSPS) is 10.1. The van der Waals surface area contributed by atoms with Gasteiger partial charge < -0.3 is 11.1 Å². The highest BCUT2D eigenvalue weighted by molar-refractivity contribution is 6.44. The number of primary amides is 1. The number of amides is 2. The van der Waals surface area contributed by atoms with E-state index < -0.39 is 5.91 Å². The molecule has 0 fully saturated rings. The summed E-state index contributed by atoms with van der Waals surface area (Å²) in [5, 5.41) is 3.16. The third-order valence-electron chi connectivity index (χ3n) is 2.62. The number of hydrogen-bond donors (Lipinski definition) is 2. The van der Waals surface area contributed by atoms with Gasteiger partial charge in [0.2, 0.25) is 5.91 Å². The maximum Gasteiger partial charge on any atom is 0.257 e. The summed E-state index contributed by atoms with van der Waals surface area (Å²) in [5.74, 6) is -0.912. The Hall–Kier alpha value is -2.04. The van der Waals surface area contributed by atoms with E-state index in [1.54, 1.807) is 30.3 Å². The van der Waals surface area contributed by atoms with Crippen molar-refractivity contribution in [2.24, 2.45) is 5.73 Å². The summed E-state index contributed by atoms with van der Waals surface area (Å²) in [7, 11) is 0. The number of nitrogens with two attached hydrogens (primary N) is 1. The predicted molar refractivity (Wildman–Crippen MR) is 79.4 cm³/mol. The van der Waals surface area contributed by atoms with E-state index in [1.807, 2.05) is 0 Å². The number of halogens is 2. The number of nitrogens with one attached hydrogen (secondary N) is 1. The van der Waals surface area contributed by atoms with Crippen LogP contribution in [0, 0.1) is 0 Å². The zero-order valence-corrected chi connectivity index (χ0v) is 11.7. The number of carbonyl (C=O) groups excluding carboxylic acids is 2. The number of rotatable bonds is 3. The second-order valence-electron chi connectivity index (χ2n) is 4.00. The molecule has 3 N–H and O–H groups in total. The van der Waals surface area contributed by atoms with Crippen molar-refractivity contribution in [2.75, 3.05) is 5.32 Å². The molecule has 0 aliphatic carbocycles. The Kier molecular flexibility index (Phi) is 4.27. The van der Waals surface area contributed by atoms with E-state index in [0.29, 0.717) is 16.3 Å². The van der Waals surface area contributed by atoms with Crippen molar-refractivity contribution in [1.29, 1.82) is 0 Å². The average Bonchev–Trinajstić information content (AvgIpc) is 2.42. The third-order valence-corrected chi connectivity index (χ3v) is 3.44. The van der Waals surface area contributed by atoms with Crippen LogP contribution >= 0.6 is 23.2 Å². The van der Waals surface area contributed by atoms with Gasteiger partial charge in [0.1, 0.15) is 0 Å². The highest BCUT2D eigenvalue weighted by Gasteiger charge is 2.12. The fourth-order valence-corrected chi connectivity index (χ4v) is 1.98. The van der Waals surface area contributed by atoms with E-state index in [2.05, 4.69) is 5.32 Å². The summed E-state index contributed by atoms with van der Waals surface area (Å²) in [4.78, 5) is 23.0. The van der Waals surface area contributed by atoms with Crippen LogP contribution in [-0.4, -0.2) is 11.8 Å². The molecule has 0 aliphatic rings. The molecule has 2 aromatic rings. The Labute approximate surface area is 125 Å². The minimum absolute atomic E-state index is 0.195. The van der Waals surface area contributed by atoms with Crippen LogP contribution < -0.4 is 11.1 Å². The first kappa shape index (κ1) is 14.4. The lowest BCUT2D eigenvalue weighted by Crippen LogP contribution is -2.13. The van der Waals surface area contributed by atoms with Gasteiger partial charge in [-0.15, -0.1) is 0 Å². The summed E-state index contributed by atoms with van der Waals surface area (Å²) in [5.41, 5.74) is 6.30. The monoisotopic (exact) mass is 308 g/mol. The molecule has 0 saturated heterocycles. The Morgan fingerprint density at radius 2 is 1.65 bits per heavy atom. The van der Waals surface area contributed by atoms with Crippen molar-refractivity contribution < 1.29 is 9.59 Å². The molecule has 2 rings (SSSR count). The fraction of sp³-hybridized carbons (Fsp3) is 0. The van der Waals surface area contributed by atoms with Crippen LogP contribution in [0.25, 0.3) is 0 Å². The molecule has 0 atom stereocenters. The SMILES string of the molecule is NC(=O)c1ccc(NC(=O)c2cccc(Cl)c2Cl)cc1. The molecule has 0 spiro atoms. The molecule has 0 saturated carbocycles. The quantitative estimate of drug-likeness (QED) is 0.912. The molecule has 0 bridgehead atoms.